The minimum atomic E-state index is -4.21. The summed E-state index contributed by atoms with van der Waals surface area (Å²) < 4.78 is 25.8. The van der Waals surface area contributed by atoms with E-state index < -0.39 is 16.6 Å². The molecular formula is C6H7O3Re. The molecule has 0 heterocycles. The summed E-state index contributed by atoms with van der Waals surface area (Å²) in [5, 5.41) is 0. The molecule has 0 spiro atoms. The fourth-order valence-electron chi connectivity index (χ4n) is 0.470. The summed E-state index contributed by atoms with van der Waals surface area (Å²) in [5.41, 5.74) is 1.34. The SMILES string of the molecule is CC1=C[CH]C=C1.[O]=[Re](=[O])=[O]. The van der Waals surface area contributed by atoms with E-state index in [0.29, 0.717) is 0 Å². The molecule has 0 aromatic carbocycles. The van der Waals surface area contributed by atoms with Crippen LogP contribution in [0.3, 0.4) is 0 Å². The summed E-state index contributed by atoms with van der Waals surface area (Å²) in [4.78, 5) is 0. The molecule has 0 fully saturated rings. The van der Waals surface area contributed by atoms with Gasteiger partial charge in [0.15, 0.2) is 0 Å². The summed E-state index contributed by atoms with van der Waals surface area (Å²) >= 11 is -4.21. The van der Waals surface area contributed by atoms with Gasteiger partial charge in [0.25, 0.3) is 0 Å². The normalized spacial score (nSPS) is 13.5. The third kappa shape index (κ3) is 7.54. The quantitative estimate of drug-likeness (QED) is 0.678. The van der Waals surface area contributed by atoms with Crippen LogP contribution < -0.4 is 0 Å². The van der Waals surface area contributed by atoms with Crippen LogP contribution in [0.4, 0.5) is 0 Å². The fourth-order valence-corrected chi connectivity index (χ4v) is 0.470. The third-order valence-electron chi connectivity index (χ3n) is 0.829. The Bertz CT molecular complexity index is 234. The van der Waals surface area contributed by atoms with Gasteiger partial charge in [-0.25, -0.2) is 0 Å². The van der Waals surface area contributed by atoms with Gasteiger partial charge in [0, 0.05) is 6.42 Å². The van der Waals surface area contributed by atoms with Crippen LogP contribution in [0.5, 0.6) is 0 Å². The van der Waals surface area contributed by atoms with Crippen molar-refractivity contribution in [2.24, 2.45) is 0 Å². The zero-order chi connectivity index (χ0) is 7.98. The van der Waals surface area contributed by atoms with Crippen LogP contribution in [0.25, 0.3) is 0 Å². The number of rotatable bonds is 0. The molecule has 1 rings (SSSR count). The molecule has 0 aromatic heterocycles. The molecule has 0 atom stereocenters. The van der Waals surface area contributed by atoms with E-state index in [2.05, 4.69) is 19.1 Å². The zero-order valence-electron chi connectivity index (χ0n) is 5.41. The molecule has 0 aromatic rings. The molecule has 1 aliphatic rings. The van der Waals surface area contributed by atoms with Gasteiger partial charge in [0.05, 0.1) is 0 Å². The number of allylic oxidation sites excluding steroid dienone is 4. The van der Waals surface area contributed by atoms with Crippen LogP contribution in [0.2, 0.25) is 0 Å². The van der Waals surface area contributed by atoms with Crippen molar-refractivity contribution >= 4 is 0 Å². The maximum atomic E-state index is 8.60. The van der Waals surface area contributed by atoms with Gasteiger partial charge in [-0.2, -0.15) is 0 Å². The van der Waals surface area contributed by atoms with E-state index in [1.807, 2.05) is 12.5 Å². The topological polar surface area (TPSA) is 51.2 Å². The Morgan fingerprint density at radius 3 is 1.90 bits per heavy atom. The second-order valence-electron chi connectivity index (χ2n) is 1.65. The average molecular weight is 313 g/mol. The second-order valence-corrected chi connectivity index (χ2v) is 3.01. The van der Waals surface area contributed by atoms with Gasteiger partial charge in [0.1, 0.15) is 0 Å². The van der Waals surface area contributed by atoms with Crippen molar-refractivity contribution in [2.75, 3.05) is 0 Å². The van der Waals surface area contributed by atoms with E-state index in [0.717, 1.165) is 0 Å². The summed E-state index contributed by atoms with van der Waals surface area (Å²) in [6.45, 7) is 2.08. The molecule has 0 aliphatic heterocycles. The van der Waals surface area contributed by atoms with Crippen LogP contribution in [0.15, 0.2) is 23.8 Å². The van der Waals surface area contributed by atoms with Gasteiger partial charge in [0.2, 0.25) is 0 Å². The Morgan fingerprint density at radius 2 is 1.80 bits per heavy atom. The zero-order valence-corrected chi connectivity index (χ0v) is 8.13. The molecule has 3 nitrogen and oxygen atoms in total. The van der Waals surface area contributed by atoms with Crippen molar-refractivity contribution in [3.8, 4) is 0 Å². The van der Waals surface area contributed by atoms with Crippen molar-refractivity contribution in [3.63, 3.8) is 0 Å². The molecule has 0 unspecified atom stereocenters. The molecule has 0 saturated carbocycles. The Labute approximate surface area is 64.6 Å². The molecule has 1 radical (unpaired) electrons. The van der Waals surface area contributed by atoms with Gasteiger partial charge in [-0.3, -0.25) is 0 Å². The Balaban J connectivity index is 0.000000180. The molecule has 1 aliphatic carbocycles. The second kappa shape index (κ2) is 5.34. The Hall–Kier alpha value is -0.458. The van der Waals surface area contributed by atoms with Crippen molar-refractivity contribution in [3.05, 3.63) is 30.2 Å². The van der Waals surface area contributed by atoms with E-state index in [-0.39, 0.29) is 0 Å². The first-order chi connectivity index (χ1) is 4.63. The fraction of sp³-hybridized carbons (Fsp3) is 0.167. The monoisotopic (exact) mass is 314 g/mol. The Kier molecular flexibility index (Phi) is 5.09. The predicted octanol–water partition coefficient (Wildman–Crippen LogP) is 1.35. The van der Waals surface area contributed by atoms with Crippen LogP contribution >= 0.6 is 0 Å². The molecule has 0 bridgehead atoms. The first-order valence-corrected chi connectivity index (χ1v) is 5.87. The maximum absolute atomic E-state index is 8.60. The van der Waals surface area contributed by atoms with E-state index in [4.69, 9.17) is 10.4 Å². The summed E-state index contributed by atoms with van der Waals surface area (Å²) in [6, 6.07) is 0. The van der Waals surface area contributed by atoms with Gasteiger partial charge >= 0.3 is 27.0 Å². The Morgan fingerprint density at radius 1 is 1.30 bits per heavy atom. The van der Waals surface area contributed by atoms with E-state index in [1.54, 1.807) is 0 Å². The van der Waals surface area contributed by atoms with Gasteiger partial charge in [-0.05, 0) is 6.92 Å². The predicted molar refractivity (Wildman–Crippen MR) is 29.3 cm³/mol. The number of hydrogen-bond donors (Lipinski definition) is 0. The van der Waals surface area contributed by atoms with Gasteiger partial charge in [-0.15, -0.1) is 0 Å². The van der Waals surface area contributed by atoms with Crippen molar-refractivity contribution in [1.29, 1.82) is 0 Å². The van der Waals surface area contributed by atoms with Crippen molar-refractivity contribution < 1.29 is 27.0 Å². The first kappa shape index (κ1) is 9.54. The van der Waals surface area contributed by atoms with E-state index in [1.165, 1.54) is 5.57 Å². The molecule has 56 valence electrons. The van der Waals surface area contributed by atoms with Crippen molar-refractivity contribution in [2.45, 2.75) is 6.92 Å². The van der Waals surface area contributed by atoms with Gasteiger partial charge in [-0.1, -0.05) is 23.8 Å². The first-order valence-electron chi connectivity index (χ1n) is 2.54. The van der Waals surface area contributed by atoms with Crippen LogP contribution in [-0.4, -0.2) is 0 Å². The average Bonchev–Trinajstić information content (AvgIpc) is 2.15. The van der Waals surface area contributed by atoms with Crippen LogP contribution in [0, 0.1) is 6.42 Å². The molecule has 4 heteroatoms. The minimum absolute atomic E-state index is 1.34. The molecular weight excluding hydrogens is 306 g/mol. The van der Waals surface area contributed by atoms with E-state index in [9.17, 15) is 0 Å². The van der Waals surface area contributed by atoms with Crippen molar-refractivity contribution in [1.82, 2.24) is 0 Å². The van der Waals surface area contributed by atoms with Gasteiger partial charge < -0.3 is 0 Å². The standard InChI is InChI=1S/C6H7.3O.Re/c1-6-4-2-3-5-6;;;;/h2-5H,1H3;;;;. The summed E-state index contributed by atoms with van der Waals surface area (Å²) in [5.74, 6) is 0. The third-order valence-corrected chi connectivity index (χ3v) is 0.829. The summed E-state index contributed by atoms with van der Waals surface area (Å²) in [6.07, 6.45) is 8.24. The molecule has 10 heavy (non-hydrogen) atoms. The molecule has 0 amide bonds. The van der Waals surface area contributed by atoms with Crippen LogP contribution in [-0.2, 0) is 27.0 Å². The molecule has 0 saturated heterocycles. The number of hydrogen-bond acceptors (Lipinski definition) is 3. The van der Waals surface area contributed by atoms with Crippen LogP contribution in [0.1, 0.15) is 6.92 Å². The molecule has 0 N–H and O–H groups in total. The van der Waals surface area contributed by atoms with E-state index >= 15 is 0 Å². The summed E-state index contributed by atoms with van der Waals surface area (Å²) in [7, 11) is 0.